The Bertz CT molecular complexity index is 321. The molecule has 1 aromatic rings. The number of nitrogens with zero attached hydrogens (tertiary/aromatic N) is 2. The van der Waals surface area contributed by atoms with Gasteiger partial charge in [0.1, 0.15) is 5.01 Å². The van der Waals surface area contributed by atoms with Crippen LogP contribution in [0.5, 0.6) is 0 Å². The number of morpholine rings is 1. The minimum absolute atomic E-state index is 0. The van der Waals surface area contributed by atoms with Gasteiger partial charge >= 0.3 is 0 Å². The molecule has 0 spiro atoms. The van der Waals surface area contributed by atoms with Crippen LogP contribution in [0.25, 0.3) is 0 Å². The monoisotopic (exact) mass is 263 g/mol. The van der Waals surface area contributed by atoms with Gasteiger partial charge in [-0.05, 0) is 6.92 Å². The molecule has 0 bridgehead atoms. The van der Waals surface area contributed by atoms with Crippen molar-refractivity contribution in [1.82, 2.24) is 9.88 Å². The second-order valence-electron chi connectivity index (χ2n) is 3.85. The molecule has 1 fully saturated rings. The lowest BCUT2D eigenvalue weighted by atomic mass is 10.3. The summed E-state index contributed by atoms with van der Waals surface area (Å²) in [5.41, 5.74) is 6.71. The number of hydrogen-bond acceptors (Lipinski definition) is 5. The Balaban J connectivity index is 0.00000128. The largest absolute Gasteiger partial charge is 0.374 e. The van der Waals surface area contributed by atoms with E-state index in [0.717, 1.165) is 31.9 Å². The predicted molar refractivity (Wildman–Crippen MR) is 68.2 cm³/mol. The van der Waals surface area contributed by atoms with Crippen molar-refractivity contribution in [1.29, 1.82) is 0 Å². The number of hydrogen-bond donors (Lipinski definition) is 1. The van der Waals surface area contributed by atoms with Crippen molar-refractivity contribution >= 4 is 23.7 Å². The van der Waals surface area contributed by atoms with Gasteiger partial charge in [-0.1, -0.05) is 0 Å². The van der Waals surface area contributed by atoms with Gasteiger partial charge in [0.2, 0.25) is 0 Å². The second-order valence-corrected chi connectivity index (χ2v) is 4.79. The van der Waals surface area contributed by atoms with Crippen molar-refractivity contribution in [2.45, 2.75) is 19.6 Å². The molecule has 16 heavy (non-hydrogen) atoms. The van der Waals surface area contributed by atoms with Crippen LogP contribution in [0.4, 0.5) is 0 Å². The quantitative estimate of drug-likeness (QED) is 0.885. The van der Waals surface area contributed by atoms with Gasteiger partial charge in [-0.3, -0.25) is 4.90 Å². The fraction of sp³-hybridized carbons (Fsp3) is 0.700. The van der Waals surface area contributed by atoms with Crippen LogP contribution in [0.2, 0.25) is 0 Å². The van der Waals surface area contributed by atoms with E-state index in [4.69, 9.17) is 10.5 Å². The molecule has 2 rings (SSSR count). The van der Waals surface area contributed by atoms with Crippen LogP contribution in [-0.2, 0) is 11.3 Å². The van der Waals surface area contributed by atoms with E-state index in [9.17, 15) is 0 Å². The Morgan fingerprint density at radius 3 is 3.12 bits per heavy atom. The maximum atomic E-state index is 5.60. The molecular weight excluding hydrogens is 246 g/mol. The average Bonchev–Trinajstić information content (AvgIpc) is 2.64. The van der Waals surface area contributed by atoms with Crippen molar-refractivity contribution in [2.24, 2.45) is 5.73 Å². The highest BCUT2D eigenvalue weighted by molar-refractivity contribution is 7.09. The molecule has 1 aromatic heterocycles. The van der Waals surface area contributed by atoms with E-state index in [-0.39, 0.29) is 18.5 Å². The van der Waals surface area contributed by atoms with Crippen LogP contribution < -0.4 is 5.73 Å². The maximum Gasteiger partial charge on any atom is 0.107 e. The van der Waals surface area contributed by atoms with Gasteiger partial charge in [0.05, 0.1) is 19.3 Å². The Hall–Kier alpha value is -0.200. The van der Waals surface area contributed by atoms with E-state index in [1.165, 1.54) is 5.01 Å². The topological polar surface area (TPSA) is 51.4 Å². The molecule has 0 aliphatic carbocycles. The second kappa shape index (κ2) is 6.51. The summed E-state index contributed by atoms with van der Waals surface area (Å²) in [5.74, 6) is 0. The average molecular weight is 264 g/mol. The standard InChI is InChI=1S/C10H17N3OS.ClH/c1-8-7-15-10(12-8)6-13-2-3-14-9(4-11)5-13;/h7,9H,2-6,11H2,1H3;1H. The number of aryl methyl sites for hydroxylation is 1. The van der Waals surface area contributed by atoms with Crippen LogP contribution in [0.1, 0.15) is 10.7 Å². The fourth-order valence-electron chi connectivity index (χ4n) is 1.73. The lowest BCUT2D eigenvalue weighted by Crippen LogP contribution is -2.45. The third-order valence-corrected chi connectivity index (χ3v) is 3.46. The van der Waals surface area contributed by atoms with E-state index in [0.29, 0.717) is 6.54 Å². The summed E-state index contributed by atoms with van der Waals surface area (Å²) in [4.78, 5) is 6.82. The first-order valence-electron chi connectivity index (χ1n) is 5.23. The molecule has 0 aromatic carbocycles. The van der Waals surface area contributed by atoms with Gasteiger partial charge < -0.3 is 10.5 Å². The molecule has 2 N–H and O–H groups in total. The van der Waals surface area contributed by atoms with E-state index in [1.54, 1.807) is 11.3 Å². The summed E-state index contributed by atoms with van der Waals surface area (Å²) in [6.07, 6.45) is 0.194. The van der Waals surface area contributed by atoms with Gasteiger partial charge in [-0.15, -0.1) is 23.7 Å². The first-order valence-corrected chi connectivity index (χ1v) is 6.11. The number of halogens is 1. The zero-order valence-corrected chi connectivity index (χ0v) is 11.0. The van der Waals surface area contributed by atoms with Crippen molar-refractivity contribution in [3.05, 3.63) is 16.1 Å². The van der Waals surface area contributed by atoms with Crippen LogP contribution in [0, 0.1) is 6.92 Å². The smallest absolute Gasteiger partial charge is 0.107 e. The van der Waals surface area contributed by atoms with Gasteiger partial charge in [0.25, 0.3) is 0 Å². The molecule has 1 saturated heterocycles. The molecule has 4 nitrogen and oxygen atoms in total. The van der Waals surface area contributed by atoms with Crippen molar-refractivity contribution < 1.29 is 4.74 Å². The third kappa shape index (κ3) is 3.68. The summed E-state index contributed by atoms with van der Waals surface area (Å²) < 4.78 is 5.52. The molecule has 92 valence electrons. The summed E-state index contributed by atoms with van der Waals surface area (Å²) in [5, 5.41) is 3.28. The van der Waals surface area contributed by atoms with Crippen molar-refractivity contribution in [3.8, 4) is 0 Å². The lowest BCUT2D eigenvalue weighted by molar-refractivity contribution is -0.0260. The number of nitrogens with two attached hydrogens (primary N) is 1. The Morgan fingerprint density at radius 2 is 2.50 bits per heavy atom. The highest BCUT2D eigenvalue weighted by atomic mass is 35.5. The van der Waals surface area contributed by atoms with Gasteiger partial charge in [-0.2, -0.15) is 0 Å². The Morgan fingerprint density at radius 1 is 1.69 bits per heavy atom. The van der Waals surface area contributed by atoms with Gasteiger partial charge in [0.15, 0.2) is 0 Å². The normalized spacial score (nSPS) is 21.8. The highest BCUT2D eigenvalue weighted by Crippen LogP contribution is 2.13. The van der Waals surface area contributed by atoms with Crippen LogP contribution in [0.15, 0.2) is 5.38 Å². The SMILES string of the molecule is Cc1csc(CN2CCOC(CN)C2)n1.Cl. The van der Waals surface area contributed by atoms with Crippen LogP contribution in [0.3, 0.4) is 0 Å². The summed E-state index contributed by atoms with van der Waals surface area (Å²) in [6, 6.07) is 0. The molecular formula is C10H18ClN3OS. The molecule has 6 heteroatoms. The molecule has 0 saturated carbocycles. The third-order valence-electron chi connectivity index (χ3n) is 2.51. The summed E-state index contributed by atoms with van der Waals surface area (Å²) in [6.45, 7) is 6.25. The maximum absolute atomic E-state index is 5.60. The van der Waals surface area contributed by atoms with Crippen LogP contribution >= 0.6 is 23.7 Å². The summed E-state index contributed by atoms with van der Waals surface area (Å²) >= 11 is 1.73. The summed E-state index contributed by atoms with van der Waals surface area (Å²) in [7, 11) is 0. The highest BCUT2D eigenvalue weighted by Gasteiger charge is 2.19. The predicted octanol–water partition coefficient (Wildman–Crippen LogP) is 1.03. The molecule has 1 aliphatic rings. The first-order chi connectivity index (χ1) is 7.28. The fourth-order valence-corrected chi connectivity index (χ4v) is 2.55. The van der Waals surface area contributed by atoms with E-state index >= 15 is 0 Å². The zero-order chi connectivity index (χ0) is 10.7. The van der Waals surface area contributed by atoms with E-state index < -0.39 is 0 Å². The van der Waals surface area contributed by atoms with E-state index in [1.807, 2.05) is 6.92 Å². The van der Waals surface area contributed by atoms with E-state index in [2.05, 4.69) is 15.3 Å². The molecule has 1 aliphatic heterocycles. The van der Waals surface area contributed by atoms with Gasteiger partial charge in [-0.25, -0.2) is 4.98 Å². The lowest BCUT2D eigenvalue weighted by Gasteiger charge is -2.31. The number of rotatable bonds is 3. The number of ether oxygens (including phenoxy) is 1. The number of thiazole rings is 1. The van der Waals surface area contributed by atoms with Crippen molar-refractivity contribution in [3.63, 3.8) is 0 Å². The van der Waals surface area contributed by atoms with Gasteiger partial charge in [0, 0.05) is 30.7 Å². The Labute approximate surface area is 106 Å². The minimum Gasteiger partial charge on any atom is -0.374 e. The van der Waals surface area contributed by atoms with Crippen molar-refractivity contribution in [2.75, 3.05) is 26.2 Å². The number of aromatic nitrogens is 1. The van der Waals surface area contributed by atoms with Crippen LogP contribution in [-0.4, -0.2) is 42.2 Å². The molecule has 2 heterocycles. The zero-order valence-electron chi connectivity index (χ0n) is 9.39. The molecule has 1 unspecified atom stereocenters. The molecule has 0 radical (unpaired) electrons. The first kappa shape index (κ1) is 13.9. The molecule has 0 amide bonds. The molecule has 1 atom stereocenters. The Kier molecular flexibility index (Phi) is 5.64. The minimum atomic E-state index is 0.